The highest BCUT2D eigenvalue weighted by Gasteiger charge is 2.46. The van der Waals surface area contributed by atoms with Crippen LogP contribution in [0.2, 0.25) is 0 Å². The maximum atomic E-state index is 13.4. The van der Waals surface area contributed by atoms with Gasteiger partial charge in [-0.2, -0.15) is 0 Å². The Hall–Kier alpha value is -4.10. The van der Waals surface area contributed by atoms with E-state index >= 15 is 0 Å². The lowest BCUT2D eigenvalue weighted by atomic mass is 9.93. The summed E-state index contributed by atoms with van der Waals surface area (Å²) >= 11 is 0. The molecule has 0 bridgehead atoms. The summed E-state index contributed by atoms with van der Waals surface area (Å²) in [5.41, 5.74) is 2.69. The fraction of sp³-hybridized carbons (Fsp3) is 0.290. The van der Waals surface area contributed by atoms with Gasteiger partial charge < -0.3 is 24.2 Å². The number of aryl methyl sites for hydroxylation is 2. The smallest absolute Gasteiger partial charge is 0.295 e. The fourth-order valence-electron chi connectivity index (χ4n) is 4.76. The van der Waals surface area contributed by atoms with Gasteiger partial charge in [0.2, 0.25) is 0 Å². The number of ketones is 1. The number of Topliss-reactive ketones (excluding diaryl/α,β-unsaturated/α-hetero) is 1. The maximum absolute atomic E-state index is 13.4. The maximum Gasteiger partial charge on any atom is 0.295 e. The first-order valence-corrected chi connectivity index (χ1v) is 12.6. The molecule has 0 saturated carbocycles. The number of likely N-dealkylation sites (tertiary alicyclic amines) is 1. The SMILES string of the molecule is COc1c(C)cc(C)cc1/C(O)=C1\C(=O)C(=O)N(CCOC(C)C)C1c1cccc(Oc2ccccc2)c1. The van der Waals surface area contributed by atoms with Crippen LogP contribution in [0.4, 0.5) is 0 Å². The summed E-state index contributed by atoms with van der Waals surface area (Å²) in [6.07, 6.45) is -0.0348. The molecule has 0 radical (unpaired) electrons. The van der Waals surface area contributed by atoms with Crippen LogP contribution in [0.15, 0.2) is 72.3 Å². The molecule has 1 aliphatic heterocycles. The Balaban J connectivity index is 1.85. The van der Waals surface area contributed by atoms with Gasteiger partial charge in [-0.3, -0.25) is 9.59 Å². The number of ether oxygens (including phenoxy) is 3. The topological polar surface area (TPSA) is 85.3 Å². The molecule has 1 saturated heterocycles. The number of aliphatic hydroxyl groups is 1. The Morgan fingerprint density at radius 1 is 0.974 bits per heavy atom. The predicted molar refractivity (Wildman–Crippen MR) is 146 cm³/mol. The number of amides is 1. The van der Waals surface area contributed by atoms with E-state index in [4.69, 9.17) is 14.2 Å². The lowest BCUT2D eigenvalue weighted by Crippen LogP contribution is -2.33. The van der Waals surface area contributed by atoms with Gasteiger partial charge in [0, 0.05) is 6.54 Å². The molecule has 1 aliphatic rings. The third-order valence-corrected chi connectivity index (χ3v) is 6.35. The van der Waals surface area contributed by atoms with Gasteiger partial charge in [-0.05, 0) is 74.7 Å². The molecule has 1 heterocycles. The summed E-state index contributed by atoms with van der Waals surface area (Å²) in [5.74, 6) is -0.0824. The number of para-hydroxylation sites is 1. The van der Waals surface area contributed by atoms with Gasteiger partial charge in [-0.15, -0.1) is 0 Å². The van der Waals surface area contributed by atoms with Crippen molar-refractivity contribution >= 4 is 17.4 Å². The van der Waals surface area contributed by atoms with Crippen LogP contribution in [0.1, 0.15) is 42.1 Å². The van der Waals surface area contributed by atoms with Gasteiger partial charge in [-0.25, -0.2) is 0 Å². The number of aliphatic hydroxyl groups excluding tert-OH is 1. The Bertz CT molecular complexity index is 1360. The first-order valence-electron chi connectivity index (χ1n) is 12.6. The molecule has 1 fully saturated rings. The Morgan fingerprint density at radius 3 is 2.37 bits per heavy atom. The predicted octanol–water partition coefficient (Wildman–Crippen LogP) is 5.95. The molecule has 0 aliphatic carbocycles. The minimum atomic E-state index is -0.837. The standard InChI is InChI=1S/C31H33NO6/c1-19(2)37-15-14-32-27(22-10-9-13-24(18-22)38-23-11-7-6-8-12-23)26(29(34)31(32)35)28(33)25-17-20(3)16-21(4)30(25)36-5/h6-13,16-19,27,33H,14-15H2,1-5H3/b28-26+. The number of methoxy groups -OCH3 is 1. The van der Waals surface area contributed by atoms with Crippen LogP contribution in [0.5, 0.6) is 17.2 Å². The number of nitrogens with zero attached hydrogens (tertiary/aromatic N) is 1. The van der Waals surface area contributed by atoms with Crippen molar-refractivity contribution in [3.63, 3.8) is 0 Å². The second-order valence-electron chi connectivity index (χ2n) is 9.56. The normalized spacial score (nSPS) is 16.8. The number of hydrogen-bond donors (Lipinski definition) is 1. The highest BCUT2D eigenvalue weighted by Crippen LogP contribution is 2.42. The molecule has 1 N–H and O–H groups in total. The largest absolute Gasteiger partial charge is 0.507 e. The van der Waals surface area contributed by atoms with Gasteiger partial charge in [0.05, 0.1) is 37.0 Å². The summed E-state index contributed by atoms with van der Waals surface area (Å²) in [6, 6.07) is 19.4. The van der Waals surface area contributed by atoms with E-state index in [1.807, 2.05) is 70.2 Å². The fourth-order valence-corrected chi connectivity index (χ4v) is 4.76. The molecule has 1 amide bonds. The average Bonchev–Trinajstić information content (AvgIpc) is 3.13. The molecule has 3 aromatic rings. The van der Waals surface area contributed by atoms with Gasteiger partial charge in [0.1, 0.15) is 23.0 Å². The second kappa shape index (κ2) is 11.5. The van der Waals surface area contributed by atoms with E-state index in [1.165, 1.54) is 12.0 Å². The second-order valence-corrected chi connectivity index (χ2v) is 9.56. The zero-order valence-corrected chi connectivity index (χ0v) is 22.4. The van der Waals surface area contributed by atoms with Crippen molar-refractivity contribution in [1.29, 1.82) is 0 Å². The van der Waals surface area contributed by atoms with Crippen molar-refractivity contribution in [3.05, 3.63) is 94.6 Å². The highest BCUT2D eigenvalue weighted by atomic mass is 16.5. The summed E-state index contributed by atoms with van der Waals surface area (Å²) in [4.78, 5) is 28.2. The minimum absolute atomic E-state index is 0.000270. The summed E-state index contributed by atoms with van der Waals surface area (Å²) in [6.45, 7) is 8.00. The van der Waals surface area contributed by atoms with Crippen LogP contribution in [-0.2, 0) is 14.3 Å². The van der Waals surface area contributed by atoms with E-state index in [9.17, 15) is 14.7 Å². The number of carbonyl (C=O) groups is 2. The van der Waals surface area contributed by atoms with E-state index < -0.39 is 17.7 Å². The summed E-state index contributed by atoms with van der Waals surface area (Å²) in [7, 11) is 1.51. The first-order chi connectivity index (χ1) is 18.2. The highest BCUT2D eigenvalue weighted by molar-refractivity contribution is 6.46. The van der Waals surface area contributed by atoms with Gasteiger partial charge in [0.25, 0.3) is 11.7 Å². The van der Waals surface area contributed by atoms with Crippen LogP contribution in [0.3, 0.4) is 0 Å². The van der Waals surface area contributed by atoms with Crippen LogP contribution < -0.4 is 9.47 Å². The van der Waals surface area contributed by atoms with Crippen molar-refractivity contribution in [2.75, 3.05) is 20.3 Å². The Labute approximate surface area is 223 Å². The first kappa shape index (κ1) is 26.9. The van der Waals surface area contributed by atoms with Gasteiger partial charge >= 0.3 is 0 Å². The van der Waals surface area contributed by atoms with E-state index in [1.54, 1.807) is 24.3 Å². The van der Waals surface area contributed by atoms with E-state index in [0.717, 1.165) is 11.1 Å². The minimum Gasteiger partial charge on any atom is -0.507 e. The Morgan fingerprint density at radius 2 is 1.68 bits per heavy atom. The molecule has 198 valence electrons. The number of benzene rings is 3. The van der Waals surface area contributed by atoms with Crippen molar-refractivity contribution in [2.45, 2.75) is 39.8 Å². The molecule has 7 heteroatoms. The molecule has 3 aromatic carbocycles. The third kappa shape index (κ3) is 5.58. The lowest BCUT2D eigenvalue weighted by molar-refractivity contribution is -0.140. The van der Waals surface area contributed by atoms with Crippen LogP contribution >= 0.6 is 0 Å². The molecule has 0 spiro atoms. The van der Waals surface area contributed by atoms with E-state index in [2.05, 4.69) is 0 Å². The van der Waals surface area contributed by atoms with Crippen molar-refractivity contribution in [3.8, 4) is 17.2 Å². The van der Waals surface area contributed by atoms with E-state index in [0.29, 0.717) is 28.4 Å². The third-order valence-electron chi connectivity index (χ3n) is 6.35. The van der Waals surface area contributed by atoms with Crippen molar-refractivity contribution in [2.24, 2.45) is 0 Å². The number of hydrogen-bond acceptors (Lipinski definition) is 6. The molecular formula is C31H33NO6. The lowest BCUT2D eigenvalue weighted by Gasteiger charge is -2.26. The molecule has 4 rings (SSSR count). The average molecular weight is 516 g/mol. The number of rotatable bonds is 9. The molecule has 1 unspecified atom stereocenters. The molecular weight excluding hydrogens is 482 g/mol. The van der Waals surface area contributed by atoms with Crippen LogP contribution in [-0.4, -0.2) is 48.1 Å². The monoisotopic (exact) mass is 515 g/mol. The molecule has 0 aromatic heterocycles. The summed E-state index contributed by atoms with van der Waals surface area (Å²) in [5, 5.41) is 11.6. The van der Waals surface area contributed by atoms with Crippen LogP contribution in [0.25, 0.3) is 5.76 Å². The Kier molecular flexibility index (Phi) is 8.17. The molecule has 7 nitrogen and oxygen atoms in total. The van der Waals surface area contributed by atoms with Crippen molar-refractivity contribution in [1.82, 2.24) is 4.90 Å². The molecule has 1 atom stereocenters. The van der Waals surface area contributed by atoms with E-state index in [-0.39, 0.29) is 30.6 Å². The van der Waals surface area contributed by atoms with Crippen molar-refractivity contribution < 1.29 is 28.9 Å². The van der Waals surface area contributed by atoms with Gasteiger partial charge in [0.15, 0.2) is 0 Å². The quantitative estimate of drug-likeness (QED) is 0.215. The molecule has 38 heavy (non-hydrogen) atoms. The number of carbonyl (C=O) groups excluding carboxylic acids is 2. The summed E-state index contributed by atoms with van der Waals surface area (Å²) < 4.78 is 17.3. The van der Waals surface area contributed by atoms with Crippen LogP contribution in [0, 0.1) is 13.8 Å². The zero-order valence-electron chi connectivity index (χ0n) is 22.4. The van der Waals surface area contributed by atoms with Gasteiger partial charge in [-0.1, -0.05) is 36.4 Å². The zero-order chi connectivity index (χ0) is 27.4.